The molecule has 6 heteroatoms. The first kappa shape index (κ1) is 14.4. The fraction of sp³-hybridized carbons (Fsp3) is 0.200. The van der Waals surface area contributed by atoms with Gasteiger partial charge in [-0.15, -0.1) is 0 Å². The molecule has 1 aromatic carbocycles. The van der Waals surface area contributed by atoms with Gasteiger partial charge in [0.1, 0.15) is 0 Å². The molecule has 0 saturated carbocycles. The molecular weight excluding hydrogens is 466 g/mol. The molecule has 0 aliphatic heterocycles. The van der Waals surface area contributed by atoms with Crippen LogP contribution in [0.3, 0.4) is 0 Å². The van der Waals surface area contributed by atoms with Gasteiger partial charge in [0.25, 0.3) is 0 Å². The van der Waals surface area contributed by atoms with Crippen LogP contribution in [0.5, 0.6) is 0 Å². The van der Waals surface area contributed by atoms with E-state index in [1.807, 2.05) is 13.8 Å². The van der Waals surface area contributed by atoms with Gasteiger partial charge in [-0.1, -0.05) is 0 Å². The Morgan fingerprint density at radius 2 is 1.19 bits per heavy atom. The van der Waals surface area contributed by atoms with Crippen LogP contribution in [0.2, 0.25) is 0 Å². The number of hydrogen-bond acceptors (Lipinski definition) is 2. The molecule has 0 fully saturated rings. The van der Waals surface area contributed by atoms with Crippen LogP contribution in [0.4, 0.5) is 11.4 Å². The normalized spacial score (nSPS) is 9.25. The topological polar surface area (TPSA) is 24.7 Å². The summed E-state index contributed by atoms with van der Waals surface area (Å²) in [5.74, 6) is 0. The van der Waals surface area contributed by atoms with E-state index in [0.29, 0.717) is 0 Å². The van der Waals surface area contributed by atoms with Gasteiger partial charge in [-0.3, -0.25) is 0 Å². The van der Waals surface area contributed by atoms with Crippen molar-refractivity contribution in [3.63, 3.8) is 0 Å². The van der Waals surface area contributed by atoms with Gasteiger partial charge in [-0.05, 0) is 0 Å². The van der Waals surface area contributed by atoms with Gasteiger partial charge in [0, 0.05) is 0 Å². The second kappa shape index (κ2) is 6.35. The summed E-state index contributed by atoms with van der Waals surface area (Å²) in [5.41, 5.74) is 3.82. The van der Waals surface area contributed by atoms with Gasteiger partial charge in [-0.25, -0.2) is 0 Å². The van der Waals surface area contributed by atoms with Crippen molar-refractivity contribution >= 4 is 83.8 Å². The Bertz CT molecular complexity index is 464. The van der Waals surface area contributed by atoms with E-state index in [9.17, 15) is 0 Å². The molecule has 0 spiro atoms. The first-order valence-electron chi connectivity index (χ1n) is 4.18. The third-order valence-electron chi connectivity index (χ3n) is 2.20. The maximum atomic E-state index is 4.18. The average Bonchev–Trinajstić information content (AvgIpc) is 2.28. The summed E-state index contributed by atoms with van der Waals surface area (Å²) in [6.45, 7) is 4.00. The van der Waals surface area contributed by atoms with Crippen LogP contribution >= 0.6 is 31.9 Å². The predicted molar refractivity (Wildman–Crippen MR) is 77.0 cm³/mol. The van der Waals surface area contributed by atoms with Crippen LogP contribution < -0.4 is 0 Å². The minimum atomic E-state index is 0.849. The molecule has 0 aliphatic carbocycles. The fourth-order valence-electron chi connectivity index (χ4n) is 1.25. The summed E-state index contributed by atoms with van der Waals surface area (Å²) in [4.78, 5) is 8.35. The van der Waals surface area contributed by atoms with Gasteiger partial charge in [-0.2, -0.15) is 0 Å². The van der Waals surface area contributed by atoms with Gasteiger partial charge in [0.2, 0.25) is 0 Å². The Morgan fingerprint density at radius 1 is 0.875 bits per heavy atom. The second-order valence-corrected chi connectivity index (χ2v) is 5.33. The van der Waals surface area contributed by atoms with Crippen molar-refractivity contribution in [3.8, 4) is 0 Å². The van der Waals surface area contributed by atoms with Crippen LogP contribution in [0, 0.1) is 13.8 Å². The first-order chi connectivity index (χ1) is 7.54. The molecule has 0 saturated heterocycles. The first-order valence-corrected chi connectivity index (χ1v) is 7.48. The zero-order chi connectivity index (χ0) is 12.3. The van der Waals surface area contributed by atoms with E-state index >= 15 is 0 Å². The predicted octanol–water partition coefficient (Wildman–Crippen LogP) is 3.24. The van der Waals surface area contributed by atoms with Gasteiger partial charge >= 0.3 is 128 Å². The monoisotopic (exact) mass is 472 g/mol. The van der Waals surface area contributed by atoms with E-state index in [0.717, 1.165) is 31.4 Å². The van der Waals surface area contributed by atoms with Crippen LogP contribution in [-0.4, -0.2) is 40.6 Å². The Balaban J connectivity index is 3.75. The van der Waals surface area contributed by atoms with Crippen molar-refractivity contribution in [1.29, 1.82) is 0 Å². The van der Waals surface area contributed by atoms with E-state index in [2.05, 4.69) is 82.4 Å². The van der Waals surface area contributed by atoms with E-state index < -0.39 is 0 Å². The number of hydrogen-bond donors (Lipinski definition) is 0. The van der Waals surface area contributed by atoms with E-state index in [-0.39, 0.29) is 0 Å². The van der Waals surface area contributed by atoms with Gasteiger partial charge in [0.15, 0.2) is 0 Å². The van der Waals surface area contributed by atoms with Crippen LogP contribution in [0.25, 0.3) is 0 Å². The maximum absolute atomic E-state index is 4.18. The van der Waals surface area contributed by atoms with Crippen molar-refractivity contribution in [1.82, 2.24) is 0 Å². The number of rotatable bonds is 2. The third kappa shape index (κ3) is 2.79. The molecule has 0 aliphatic rings. The van der Waals surface area contributed by atoms with Crippen molar-refractivity contribution in [2.75, 3.05) is 0 Å². The average molecular weight is 472 g/mol. The summed E-state index contributed by atoms with van der Waals surface area (Å²) in [6.07, 6.45) is 0. The summed E-state index contributed by atoms with van der Waals surface area (Å²) in [5, 5.41) is 0. The van der Waals surface area contributed by atoms with Crippen molar-refractivity contribution in [3.05, 3.63) is 20.1 Å². The second-order valence-electron chi connectivity index (χ2n) is 2.98. The zero-order valence-corrected chi connectivity index (χ0v) is 15.1. The minimum absolute atomic E-state index is 0.849. The summed E-state index contributed by atoms with van der Waals surface area (Å²) in [7, 11) is 0. The molecule has 0 heterocycles. The van der Waals surface area contributed by atoms with E-state index in [1.165, 1.54) is 0 Å². The van der Waals surface area contributed by atoms with Gasteiger partial charge < -0.3 is 0 Å². The molecule has 16 heavy (non-hydrogen) atoms. The Morgan fingerprint density at radius 3 is 1.44 bits per heavy atom. The molecule has 0 N–H and O–H groups in total. The SMILES string of the molecule is Cc1c(C)c(N=C=[Se])c(Br)c(Br)c1N=C=[Se]. The Labute approximate surface area is 127 Å². The molecular formula is C10H6Br2N2Se2. The Hall–Kier alpha value is 0.379. The van der Waals surface area contributed by atoms with E-state index in [1.54, 1.807) is 0 Å². The number of aliphatic imine (C=N–C) groups is 2. The Kier molecular flexibility index (Phi) is 5.73. The molecule has 0 atom stereocenters. The van der Waals surface area contributed by atoms with Crippen LogP contribution in [0.1, 0.15) is 11.1 Å². The molecule has 82 valence electrons. The molecule has 0 unspecified atom stereocenters. The molecule has 0 aromatic heterocycles. The van der Waals surface area contributed by atoms with Crippen molar-refractivity contribution in [2.45, 2.75) is 13.8 Å². The molecule has 0 radical (unpaired) electrons. The van der Waals surface area contributed by atoms with Crippen molar-refractivity contribution in [2.24, 2.45) is 9.98 Å². The third-order valence-corrected chi connectivity index (χ3v) is 4.66. The number of benzene rings is 1. The molecule has 0 amide bonds. The zero-order valence-electron chi connectivity index (χ0n) is 8.47. The molecule has 2 nitrogen and oxygen atoms in total. The molecule has 1 aromatic rings. The summed E-state index contributed by atoms with van der Waals surface area (Å²) >= 11 is 12.3. The van der Waals surface area contributed by atoms with Gasteiger partial charge in [0.05, 0.1) is 0 Å². The van der Waals surface area contributed by atoms with Crippen LogP contribution in [0.15, 0.2) is 18.9 Å². The molecule has 1 rings (SSSR count). The standard InChI is InChI=1S/C10H6Br2N2Se2/c1-5-6(2)10(14-4-16)8(12)7(11)9(5)13-3-15/h1-2H3. The molecule has 0 bridgehead atoms. The van der Waals surface area contributed by atoms with E-state index in [4.69, 9.17) is 0 Å². The summed E-state index contributed by atoms with van der Waals surface area (Å²) in [6, 6.07) is 0. The van der Waals surface area contributed by atoms with Crippen molar-refractivity contribution < 1.29 is 0 Å². The number of nitrogens with zero attached hydrogens (tertiary/aromatic N) is 2. The van der Waals surface area contributed by atoms with Crippen LogP contribution in [-0.2, 0) is 0 Å². The fourth-order valence-corrected chi connectivity index (χ4v) is 2.78. The summed E-state index contributed by atoms with van der Waals surface area (Å²) < 4.78 is 7.07. The quantitative estimate of drug-likeness (QED) is 0.467. The number of halogens is 2.